The highest BCUT2D eigenvalue weighted by atomic mass is 16.6. The summed E-state index contributed by atoms with van der Waals surface area (Å²) >= 11 is 0. The molecule has 0 fully saturated rings. The summed E-state index contributed by atoms with van der Waals surface area (Å²) in [5, 5.41) is 0. The second-order valence-corrected chi connectivity index (χ2v) is 24.1. The van der Waals surface area contributed by atoms with E-state index in [-0.39, 0.29) is 31.1 Å². The quantitative estimate of drug-likeness (QED) is 0.0261. The molecule has 6 nitrogen and oxygen atoms in total. The first-order valence-corrected chi connectivity index (χ1v) is 35.8. The third-order valence-electron chi connectivity index (χ3n) is 16.0. The van der Waals surface area contributed by atoms with Crippen molar-refractivity contribution in [3.63, 3.8) is 0 Å². The zero-order valence-electron chi connectivity index (χ0n) is 54.3. The molecule has 0 saturated heterocycles. The Balaban J connectivity index is 4.06. The fourth-order valence-corrected chi connectivity index (χ4v) is 10.7. The molecule has 0 radical (unpaired) electrons. The summed E-state index contributed by atoms with van der Waals surface area (Å²) < 4.78 is 16.9. The van der Waals surface area contributed by atoms with Crippen molar-refractivity contribution in [2.75, 3.05) is 13.2 Å². The Labute approximate surface area is 504 Å². The van der Waals surface area contributed by atoms with Crippen LogP contribution in [0.1, 0.15) is 380 Å². The second-order valence-electron chi connectivity index (χ2n) is 24.1. The SMILES string of the molecule is CC/C=C\C/C=C\C/C=C\C/C=C\C/C=C\CCCCCCCCCCCCCCCCCC(=O)OCC(COC(=O)CCCCCCCCCC)OC(=O)CCCCCCCCCCCCCCCCCCCCCCCCCC. The van der Waals surface area contributed by atoms with Gasteiger partial charge in [0.15, 0.2) is 6.10 Å². The molecule has 0 aliphatic rings. The number of esters is 3. The molecule has 0 aromatic rings. The zero-order chi connectivity index (χ0) is 58.5. The van der Waals surface area contributed by atoms with E-state index >= 15 is 0 Å². The van der Waals surface area contributed by atoms with Gasteiger partial charge in [0.05, 0.1) is 0 Å². The Morgan fingerprint density at radius 2 is 0.481 bits per heavy atom. The molecule has 0 rings (SSSR count). The van der Waals surface area contributed by atoms with Gasteiger partial charge in [-0.15, -0.1) is 0 Å². The van der Waals surface area contributed by atoms with Gasteiger partial charge in [-0.1, -0.05) is 358 Å². The third kappa shape index (κ3) is 67.8. The number of hydrogen-bond acceptors (Lipinski definition) is 6. The molecule has 472 valence electrons. The molecule has 0 aliphatic heterocycles. The van der Waals surface area contributed by atoms with E-state index in [2.05, 4.69) is 81.5 Å². The summed E-state index contributed by atoms with van der Waals surface area (Å²) in [6.07, 6.45) is 89.9. The van der Waals surface area contributed by atoms with Gasteiger partial charge in [0.2, 0.25) is 0 Å². The van der Waals surface area contributed by atoms with Crippen molar-refractivity contribution in [2.24, 2.45) is 0 Å². The van der Waals surface area contributed by atoms with Crippen LogP contribution in [0.25, 0.3) is 0 Å². The van der Waals surface area contributed by atoms with Crippen LogP contribution in [0.2, 0.25) is 0 Å². The van der Waals surface area contributed by atoms with E-state index < -0.39 is 6.10 Å². The number of unbranched alkanes of at least 4 members (excludes halogenated alkanes) is 45. The summed E-state index contributed by atoms with van der Waals surface area (Å²) in [4.78, 5) is 38.3. The fourth-order valence-electron chi connectivity index (χ4n) is 10.7. The number of carbonyl (C=O) groups is 3. The third-order valence-corrected chi connectivity index (χ3v) is 16.0. The molecule has 0 bridgehead atoms. The molecule has 1 atom stereocenters. The Hall–Kier alpha value is -2.89. The first-order chi connectivity index (χ1) is 40.0. The summed E-state index contributed by atoms with van der Waals surface area (Å²) in [6, 6.07) is 0. The molecule has 0 aromatic heterocycles. The van der Waals surface area contributed by atoms with Gasteiger partial charge in [-0.05, 0) is 64.2 Å². The van der Waals surface area contributed by atoms with Gasteiger partial charge in [-0.25, -0.2) is 0 Å². The lowest BCUT2D eigenvalue weighted by Crippen LogP contribution is -2.30. The maximum absolute atomic E-state index is 12.9. The van der Waals surface area contributed by atoms with Gasteiger partial charge in [0.1, 0.15) is 13.2 Å². The van der Waals surface area contributed by atoms with Gasteiger partial charge < -0.3 is 14.2 Å². The van der Waals surface area contributed by atoms with Crippen LogP contribution in [0.3, 0.4) is 0 Å². The Kier molecular flexibility index (Phi) is 67.1. The van der Waals surface area contributed by atoms with Gasteiger partial charge >= 0.3 is 17.9 Å². The molecule has 0 aromatic carbocycles. The average molecular weight is 1130 g/mol. The van der Waals surface area contributed by atoms with Crippen LogP contribution in [0, 0.1) is 0 Å². The van der Waals surface area contributed by atoms with E-state index in [4.69, 9.17) is 14.2 Å². The molecule has 0 amide bonds. The minimum absolute atomic E-state index is 0.0677. The van der Waals surface area contributed by atoms with Crippen LogP contribution >= 0.6 is 0 Å². The van der Waals surface area contributed by atoms with Crippen molar-refractivity contribution in [1.82, 2.24) is 0 Å². The molecule has 0 spiro atoms. The Morgan fingerprint density at radius 3 is 0.753 bits per heavy atom. The van der Waals surface area contributed by atoms with Crippen molar-refractivity contribution >= 4 is 17.9 Å². The number of rotatable bonds is 66. The number of hydrogen-bond donors (Lipinski definition) is 0. The lowest BCUT2D eigenvalue weighted by molar-refractivity contribution is -0.167. The van der Waals surface area contributed by atoms with Gasteiger partial charge in [0, 0.05) is 19.3 Å². The summed E-state index contributed by atoms with van der Waals surface area (Å²) in [5.74, 6) is -0.847. The Morgan fingerprint density at radius 1 is 0.259 bits per heavy atom. The van der Waals surface area contributed by atoms with Crippen molar-refractivity contribution in [1.29, 1.82) is 0 Å². The van der Waals surface area contributed by atoms with Crippen LogP contribution < -0.4 is 0 Å². The van der Waals surface area contributed by atoms with E-state index in [9.17, 15) is 14.4 Å². The van der Waals surface area contributed by atoms with E-state index in [1.807, 2.05) is 0 Å². The van der Waals surface area contributed by atoms with Crippen molar-refractivity contribution in [2.45, 2.75) is 386 Å². The highest BCUT2D eigenvalue weighted by Gasteiger charge is 2.19. The van der Waals surface area contributed by atoms with Crippen LogP contribution in [0.5, 0.6) is 0 Å². The summed E-state index contributed by atoms with van der Waals surface area (Å²) in [7, 11) is 0. The summed E-state index contributed by atoms with van der Waals surface area (Å²) in [6.45, 7) is 6.56. The molecule has 0 aliphatic carbocycles. The largest absolute Gasteiger partial charge is 0.462 e. The Bertz CT molecular complexity index is 1440. The average Bonchev–Trinajstić information content (AvgIpc) is 3.47. The first-order valence-electron chi connectivity index (χ1n) is 35.8. The van der Waals surface area contributed by atoms with Gasteiger partial charge in [-0.2, -0.15) is 0 Å². The van der Waals surface area contributed by atoms with E-state index in [0.29, 0.717) is 19.3 Å². The normalized spacial score (nSPS) is 12.4. The highest BCUT2D eigenvalue weighted by Crippen LogP contribution is 2.19. The monoisotopic (exact) mass is 1130 g/mol. The standard InChI is InChI=1S/C75H136O6/c1-4-7-10-13-16-19-21-23-25-27-29-31-33-35-36-37-38-39-40-41-43-44-46-48-50-52-54-56-59-62-65-68-74(77)80-71-72(70-79-73(76)67-64-61-58-18-15-12-9-6-3)81-75(78)69-66-63-60-57-55-53-51-49-47-45-42-34-32-30-28-26-24-22-20-17-14-11-8-5-2/h7,10,16,19,23,25,29,31,35-36,72H,4-6,8-9,11-15,17-18,20-22,24,26-28,30,32-34,37-71H2,1-3H3/b10-7-,19-16-,25-23-,31-29-,36-35-. The first kappa shape index (κ1) is 78.1. The molecule has 6 heteroatoms. The van der Waals surface area contributed by atoms with Crippen molar-refractivity contribution < 1.29 is 28.6 Å². The topological polar surface area (TPSA) is 78.9 Å². The van der Waals surface area contributed by atoms with Crippen LogP contribution in [0.4, 0.5) is 0 Å². The minimum atomic E-state index is -0.769. The van der Waals surface area contributed by atoms with E-state index in [1.54, 1.807) is 0 Å². The van der Waals surface area contributed by atoms with Crippen LogP contribution in [-0.2, 0) is 28.6 Å². The lowest BCUT2D eigenvalue weighted by Gasteiger charge is -2.18. The lowest BCUT2D eigenvalue weighted by atomic mass is 10.0. The van der Waals surface area contributed by atoms with Gasteiger partial charge in [-0.3, -0.25) is 14.4 Å². The summed E-state index contributed by atoms with van der Waals surface area (Å²) in [5.41, 5.74) is 0. The molecule has 0 heterocycles. The van der Waals surface area contributed by atoms with Crippen LogP contribution in [0.15, 0.2) is 60.8 Å². The van der Waals surface area contributed by atoms with Crippen molar-refractivity contribution in [3.8, 4) is 0 Å². The highest BCUT2D eigenvalue weighted by molar-refractivity contribution is 5.71. The number of carbonyl (C=O) groups excluding carboxylic acids is 3. The smallest absolute Gasteiger partial charge is 0.306 e. The molecular weight excluding hydrogens is 997 g/mol. The molecule has 81 heavy (non-hydrogen) atoms. The molecule has 1 unspecified atom stereocenters. The molecule has 0 N–H and O–H groups in total. The van der Waals surface area contributed by atoms with E-state index in [0.717, 1.165) is 89.9 Å². The maximum atomic E-state index is 12.9. The zero-order valence-corrected chi connectivity index (χ0v) is 54.3. The predicted octanol–water partition coefficient (Wildman–Crippen LogP) is 24.7. The van der Waals surface area contributed by atoms with Crippen molar-refractivity contribution in [3.05, 3.63) is 60.8 Å². The van der Waals surface area contributed by atoms with E-state index in [1.165, 1.54) is 250 Å². The maximum Gasteiger partial charge on any atom is 0.306 e. The molecule has 0 saturated carbocycles. The number of ether oxygens (including phenoxy) is 3. The second kappa shape index (κ2) is 69.6. The molecular formula is C75H136O6. The predicted molar refractivity (Wildman–Crippen MR) is 353 cm³/mol. The number of allylic oxidation sites excluding steroid dienone is 10. The minimum Gasteiger partial charge on any atom is -0.462 e. The fraction of sp³-hybridized carbons (Fsp3) is 0.827. The van der Waals surface area contributed by atoms with Crippen LogP contribution in [-0.4, -0.2) is 37.2 Å². The van der Waals surface area contributed by atoms with Gasteiger partial charge in [0.25, 0.3) is 0 Å².